The summed E-state index contributed by atoms with van der Waals surface area (Å²) in [4.78, 5) is 24.5. The van der Waals surface area contributed by atoms with Crippen molar-refractivity contribution in [3.63, 3.8) is 0 Å². The molecule has 2 amide bonds. The Bertz CT molecular complexity index is 911. The van der Waals surface area contributed by atoms with Crippen molar-refractivity contribution in [1.29, 1.82) is 0 Å². The normalized spacial score (nSPS) is 18.5. The van der Waals surface area contributed by atoms with Gasteiger partial charge in [-0.05, 0) is 36.8 Å². The highest BCUT2D eigenvalue weighted by Gasteiger charge is 2.30. The number of carbonyl (C=O) groups excluding carboxylic acids is 2. The van der Waals surface area contributed by atoms with E-state index in [4.69, 9.17) is 4.74 Å². The number of ether oxygens (including phenoxy) is 1. The minimum Gasteiger partial charge on any atom is -0.497 e. The zero-order valence-corrected chi connectivity index (χ0v) is 16.3. The molecule has 1 unspecified atom stereocenters. The van der Waals surface area contributed by atoms with E-state index in [2.05, 4.69) is 20.8 Å². The van der Waals surface area contributed by atoms with Crippen molar-refractivity contribution in [2.75, 3.05) is 12.4 Å². The fourth-order valence-corrected chi connectivity index (χ4v) is 3.42. The molecule has 0 saturated carbocycles. The number of benzene rings is 2. The molecule has 1 heterocycles. The smallest absolute Gasteiger partial charge is 0.238 e. The monoisotopic (exact) mass is 396 g/mol. The number of rotatable bonds is 5. The van der Waals surface area contributed by atoms with Crippen LogP contribution < -0.4 is 15.4 Å². The molecule has 8 heteroatoms. The lowest BCUT2D eigenvalue weighted by Gasteiger charge is -2.21. The van der Waals surface area contributed by atoms with Crippen LogP contribution >= 0.6 is 11.8 Å². The SMILES string of the molecule is COc1ccc(NC(=O)C2CC(=O)N/C(=N\N=C(C)c3ccccc3)S2)cc1. The number of carbonyl (C=O) groups is 2. The van der Waals surface area contributed by atoms with Gasteiger partial charge in [0, 0.05) is 12.1 Å². The molecule has 2 N–H and O–H groups in total. The second kappa shape index (κ2) is 9.18. The zero-order valence-electron chi connectivity index (χ0n) is 15.5. The number of hydrogen-bond donors (Lipinski definition) is 2. The Kier molecular flexibility index (Phi) is 6.44. The quantitative estimate of drug-likeness (QED) is 0.600. The number of amidine groups is 1. The van der Waals surface area contributed by atoms with Crippen LogP contribution in [-0.2, 0) is 9.59 Å². The summed E-state index contributed by atoms with van der Waals surface area (Å²) in [6.07, 6.45) is 0.0764. The lowest BCUT2D eigenvalue weighted by atomic mass is 10.1. The Morgan fingerprint density at radius 2 is 1.89 bits per heavy atom. The van der Waals surface area contributed by atoms with Gasteiger partial charge in [-0.2, -0.15) is 5.10 Å². The molecule has 0 bridgehead atoms. The average Bonchev–Trinajstić information content (AvgIpc) is 2.72. The molecule has 0 spiro atoms. The largest absolute Gasteiger partial charge is 0.497 e. The molecular formula is C20H20N4O3S. The minimum atomic E-state index is -0.582. The van der Waals surface area contributed by atoms with Gasteiger partial charge in [0.2, 0.25) is 11.8 Å². The molecule has 28 heavy (non-hydrogen) atoms. The summed E-state index contributed by atoms with van der Waals surface area (Å²) < 4.78 is 5.10. The highest BCUT2D eigenvalue weighted by Crippen LogP contribution is 2.23. The predicted molar refractivity (Wildman–Crippen MR) is 112 cm³/mol. The van der Waals surface area contributed by atoms with Crippen molar-refractivity contribution < 1.29 is 14.3 Å². The highest BCUT2D eigenvalue weighted by molar-refractivity contribution is 8.15. The highest BCUT2D eigenvalue weighted by atomic mass is 32.2. The van der Waals surface area contributed by atoms with Crippen LogP contribution in [0.5, 0.6) is 5.75 Å². The first kappa shape index (κ1) is 19.6. The summed E-state index contributed by atoms with van der Waals surface area (Å²) in [5.41, 5.74) is 2.29. The molecule has 1 fully saturated rings. The fourth-order valence-electron chi connectivity index (χ4n) is 2.49. The Morgan fingerprint density at radius 3 is 2.57 bits per heavy atom. The Labute approximate surface area is 167 Å². The molecule has 1 aliphatic heterocycles. The van der Waals surface area contributed by atoms with Gasteiger partial charge in [0.1, 0.15) is 11.0 Å². The van der Waals surface area contributed by atoms with E-state index in [-0.39, 0.29) is 18.2 Å². The van der Waals surface area contributed by atoms with E-state index in [0.717, 1.165) is 5.56 Å². The number of hydrogen-bond acceptors (Lipinski definition) is 6. The van der Waals surface area contributed by atoms with Gasteiger partial charge in [0.15, 0.2) is 5.17 Å². The first-order chi connectivity index (χ1) is 13.5. The molecule has 3 rings (SSSR count). The number of amides is 2. The van der Waals surface area contributed by atoms with Crippen LogP contribution in [0.3, 0.4) is 0 Å². The van der Waals surface area contributed by atoms with Gasteiger partial charge in [-0.15, -0.1) is 5.10 Å². The van der Waals surface area contributed by atoms with Crippen molar-refractivity contribution in [3.8, 4) is 5.75 Å². The molecule has 0 radical (unpaired) electrons. The van der Waals surface area contributed by atoms with Crippen LogP contribution in [0.2, 0.25) is 0 Å². The summed E-state index contributed by atoms with van der Waals surface area (Å²) in [5, 5.41) is 13.5. The summed E-state index contributed by atoms with van der Waals surface area (Å²) in [6, 6.07) is 16.6. The van der Waals surface area contributed by atoms with Crippen LogP contribution in [0.25, 0.3) is 0 Å². The molecule has 0 aromatic heterocycles. The number of methoxy groups -OCH3 is 1. The van der Waals surface area contributed by atoms with E-state index in [0.29, 0.717) is 22.3 Å². The maximum atomic E-state index is 12.5. The van der Waals surface area contributed by atoms with Crippen molar-refractivity contribution in [1.82, 2.24) is 5.32 Å². The van der Waals surface area contributed by atoms with E-state index in [1.165, 1.54) is 11.8 Å². The molecular weight excluding hydrogens is 376 g/mol. The first-order valence-corrected chi connectivity index (χ1v) is 9.52. The summed E-state index contributed by atoms with van der Waals surface area (Å²) >= 11 is 1.18. The van der Waals surface area contributed by atoms with Crippen LogP contribution in [0, 0.1) is 0 Å². The molecule has 7 nitrogen and oxygen atoms in total. The van der Waals surface area contributed by atoms with Crippen molar-refractivity contribution in [2.45, 2.75) is 18.6 Å². The van der Waals surface area contributed by atoms with E-state index < -0.39 is 5.25 Å². The maximum Gasteiger partial charge on any atom is 0.238 e. The number of nitrogens with zero attached hydrogens (tertiary/aromatic N) is 2. The third-order valence-electron chi connectivity index (χ3n) is 4.00. The van der Waals surface area contributed by atoms with Gasteiger partial charge < -0.3 is 15.4 Å². The van der Waals surface area contributed by atoms with Gasteiger partial charge in [-0.3, -0.25) is 9.59 Å². The number of anilines is 1. The van der Waals surface area contributed by atoms with Crippen LogP contribution in [0.4, 0.5) is 5.69 Å². The van der Waals surface area contributed by atoms with Gasteiger partial charge >= 0.3 is 0 Å². The average molecular weight is 396 g/mol. The van der Waals surface area contributed by atoms with Crippen molar-refractivity contribution in [3.05, 3.63) is 60.2 Å². The zero-order chi connectivity index (χ0) is 19.9. The standard InChI is InChI=1S/C20H20N4O3S/c1-13(14-6-4-3-5-7-14)23-24-20-22-18(25)12-17(28-20)19(26)21-15-8-10-16(27-2)11-9-15/h3-11,17H,12H2,1-2H3,(H,21,26)(H,22,24,25). The second-order valence-electron chi connectivity index (χ2n) is 6.03. The lowest BCUT2D eigenvalue weighted by molar-refractivity contribution is -0.123. The van der Waals surface area contributed by atoms with Gasteiger partial charge in [-0.25, -0.2) is 0 Å². The maximum absolute atomic E-state index is 12.5. The fraction of sp³-hybridized carbons (Fsp3) is 0.200. The lowest BCUT2D eigenvalue weighted by Crippen LogP contribution is -2.41. The van der Waals surface area contributed by atoms with Crippen LogP contribution in [0.15, 0.2) is 64.8 Å². The Hall–Kier alpha value is -3.13. The van der Waals surface area contributed by atoms with Crippen molar-refractivity contribution >= 4 is 40.1 Å². The second-order valence-corrected chi connectivity index (χ2v) is 7.22. The van der Waals surface area contributed by atoms with Gasteiger partial charge in [0.05, 0.1) is 12.8 Å². The summed E-state index contributed by atoms with van der Waals surface area (Å²) in [7, 11) is 1.58. The molecule has 2 aromatic carbocycles. The molecule has 1 atom stereocenters. The number of nitrogens with one attached hydrogen (secondary N) is 2. The van der Waals surface area contributed by atoms with Gasteiger partial charge in [0.25, 0.3) is 0 Å². The molecule has 0 aliphatic carbocycles. The topological polar surface area (TPSA) is 92.1 Å². The van der Waals surface area contributed by atoms with E-state index in [1.54, 1.807) is 31.4 Å². The van der Waals surface area contributed by atoms with Crippen LogP contribution in [-0.4, -0.2) is 35.1 Å². The van der Waals surface area contributed by atoms with Crippen LogP contribution in [0.1, 0.15) is 18.9 Å². The predicted octanol–water partition coefficient (Wildman–Crippen LogP) is 3.04. The van der Waals surface area contributed by atoms with E-state index in [9.17, 15) is 9.59 Å². The molecule has 144 valence electrons. The Balaban J connectivity index is 1.67. The van der Waals surface area contributed by atoms with E-state index in [1.807, 2.05) is 37.3 Å². The van der Waals surface area contributed by atoms with Crippen molar-refractivity contribution in [2.24, 2.45) is 10.2 Å². The minimum absolute atomic E-state index is 0.0764. The Morgan fingerprint density at radius 1 is 1.18 bits per heavy atom. The van der Waals surface area contributed by atoms with E-state index >= 15 is 0 Å². The summed E-state index contributed by atoms with van der Waals surface area (Å²) in [5.74, 6) is 0.173. The molecule has 1 aliphatic rings. The third kappa shape index (κ3) is 5.20. The molecule has 1 saturated heterocycles. The summed E-state index contributed by atoms with van der Waals surface area (Å²) in [6.45, 7) is 1.84. The first-order valence-electron chi connectivity index (χ1n) is 8.64. The van der Waals surface area contributed by atoms with Gasteiger partial charge in [-0.1, -0.05) is 42.1 Å². The molecule has 2 aromatic rings. The third-order valence-corrected chi connectivity index (χ3v) is 5.08. The number of thioether (sulfide) groups is 1.